The summed E-state index contributed by atoms with van der Waals surface area (Å²) in [5.41, 5.74) is 1.69. The number of Topliss-reactive ketones (excluding diaryl/α,β-unsaturated/α-hetero) is 1. The zero-order chi connectivity index (χ0) is 13.9. The third kappa shape index (κ3) is 2.80. The van der Waals surface area contributed by atoms with Crippen molar-refractivity contribution in [2.45, 2.75) is 38.6 Å². The van der Waals surface area contributed by atoms with E-state index in [0.717, 1.165) is 16.9 Å². The van der Waals surface area contributed by atoms with E-state index in [1.165, 1.54) is 25.7 Å². The summed E-state index contributed by atoms with van der Waals surface area (Å²) in [4.78, 5) is 12.3. The number of hydrogen-bond donors (Lipinski definition) is 1. The molecule has 0 saturated heterocycles. The van der Waals surface area contributed by atoms with Gasteiger partial charge in [-0.15, -0.1) is 0 Å². The van der Waals surface area contributed by atoms with E-state index in [1.54, 1.807) is 0 Å². The molecule has 1 fully saturated rings. The first-order chi connectivity index (χ1) is 9.74. The minimum Gasteiger partial charge on any atom is -0.486 e. The lowest BCUT2D eigenvalue weighted by atomic mass is 10.0. The van der Waals surface area contributed by atoms with Crippen molar-refractivity contribution in [3.05, 3.63) is 23.3 Å². The molecule has 108 valence electrons. The Labute approximate surface area is 119 Å². The van der Waals surface area contributed by atoms with Crippen LogP contribution in [0.4, 0.5) is 0 Å². The third-order valence-corrected chi connectivity index (χ3v) is 4.10. The highest BCUT2D eigenvalue weighted by molar-refractivity contribution is 5.99. The van der Waals surface area contributed by atoms with E-state index in [1.807, 2.05) is 19.1 Å². The molecule has 0 bridgehead atoms. The summed E-state index contributed by atoms with van der Waals surface area (Å²) in [6, 6.07) is 4.23. The van der Waals surface area contributed by atoms with Crippen LogP contribution in [0.2, 0.25) is 0 Å². The molecule has 1 saturated carbocycles. The largest absolute Gasteiger partial charge is 0.486 e. The lowest BCUT2D eigenvalue weighted by Crippen LogP contribution is -2.31. The Morgan fingerprint density at radius 3 is 2.55 bits per heavy atom. The Morgan fingerprint density at radius 2 is 1.85 bits per heavy atom. The number of hydrogen-bond acceptors (Lipinski definition) is 4. The van der Waals surface area contributed by atoms with Crippen LogP contribution in [0.25, 0.3) is 0 Å². The normalized spacial score (nSPS) is 18.2. The predicted octanol–water partition coefficient (Wildman–Crippen LogP) is 2.48. The van der Waals surface area contributed by atoms with Gasteiger partial charge in [-0.25, -0.2) is 0 Å². The van der Waals surface area contributed by atoms with Crippen LogP contribution in [0.3, 0.4) is 0 Å². The van der Waals surface area contributed by atoms with Gasteiger partial charge in [-0.3, -0.25) is 4.79 Å². The number of carbonyl (C=O) groups excluding carboxylic acids is 1. The van der Waals surface area contributed by atoms with E-state index in [0.29, 0.717) is 31.5 Å². The van der Waals surface area contributed by atoms with E-state index >= 15 is 0 Å². The second-order valence-corrected chi connectivity index (χ2v) is 5.60. The Balaban J connectivity index is 1.70. The van der Waals surface area contributed by atoms with Crippen LogP contribution in [0.1, 0.15) is 41.6 Å². The first-order valence-corrected chi connectivity index (χ1v) is 7.41. The zero-order valence-electron chi connectivity index (χ0n) is 11.9. The first kappa shape index (κ1) is 13.4. The summed E-state index contributed by atoms with van der Waals surface area (Å²) >= 11 is 0. The highest BCUT2D eigenvalue weighted by Gasteiger charge is 2.20. The number of ether oxygens (including phenoxy) is 2. The second kappa shape index (κ2) is 5.83. The van der Waals surface area contributed by atoms with Gasteiger partial charge in [-0.1, -0.05) is 12.8 Å². The van der Waals surface area contributed by atoms with Crippen LogP contribution in [0.15, 0.2) is 12.1 Å². The summed E-state index contributed by atoms with van der Waals surface area (Å²) in [7, 11) is 0. The maximum Gasteiger partial charge on any atom is 0.177 e. The van der Waals surface area contributed by atoms with Gasteiger partial charge in [0.05, 0.1) is 6.54 Å². The topological polar surface area (TPSA) is 47.6 Å². The summed E-state index contributed by atoms with van der Waals surface area (Å²) in [6.07, 6.45) is 4.92. The smallest absolute Gasteiger partial charge is 0.177 e. The summed E-state index contributed by atoms with van der Waals surface area (Å²) < 4.78 is 11.1. The van der Waals surface area contributed by atoms with Crippen LogP contribution in [0, 0.1) is 6.92 Å². The van der Waals surface area contributed by atoms with Gasteiger partial charge in [0.1, 0.15) is 13.2 Å². The van der Waals surface area contributed by atoms with Crippen molar-refractivity contribution in [3.63, 3.8) is 0 Å². The fourth-order valence-corrected chi connectivity index (χ4v) is 2.95. The predicted molar refractivity (Wildman–Crippen MR) is 76.8 cm³/mol. The third-order valence-electron chi connectivity index (χ3n) is 4.10. The molecule has 20 heavy (non-hydrogen) atoms. The molecule has 4 nitrogen and oxygen atoms in total. The number of aryl methyl sites for hydroxylation is 1. The molecule has 0 amide bonds. The van der Waals surface area contributed by atoms with E-state index in [-0.39, 0.29) is 5.78 Å². The SMILES string of the molecule is Cc1cc2c(cc1C(=O)CNC1CCCC1)OCCO2. The minimum atomic E-state index is 0.131. The Bertz CT molecular complexity index is 507. The van der Waals surface area contributed by atoms with Gasteiger partial charge >= 0.3 is 0 Å². The summed E-state index contributed by atoms with van der Waals surface area (Å²) in [6.45, 7) is 3.47. The van der Waals surface area contributed by atoms with Crippen molar-refractivity contribution >= 4 is 5.78 Å². The molecule has 0 aromatic heterocycles. The van der Waals surface area contributed by atoms with Gasteiger partial charge in [0, 0.05) is 11.6 Å². The molecule has 0 radical (unpaired) electrons. The minimum absolute atomic E-state index is 0.131. The molecule has 4 heteroatoms. The van der Waals surface area contributed by atoms with Crippen molar-refractivity contribution in [2.24, 2.45) is 0 Å². The second-order valence-electron chi connectivity index (χ2n) is 5.60. The maximum absolute atomic E-state index is 12.3. The van der Waals surface area contributed by atoms with Gasteiger partial charge in [0.25, 0.3) is 0 Å². The van der Waals surface area contributed by atoms with E-state index in [4.69, 9.17) is 9.47 Å². The molecule has 0 atom stereocenters. The molecule has 1 aliphatic carbocycles. The molecule has 3 rings (SSSR count). The monoisotopic (exact) mass is 275 g/mol. The maximum atomic E-state index is 12.3. The molecule has 1 aliphatic heterocycles. The fourth-order valence-electron chi connectivity index (χ4n) is 2.95. The molecule has 1 aromatic rings. The van der Waals surface area contributed by atoms with Crippen molar-refractivity contribution in [1.82, 2.24) is 5.32 Å². The molecule has 1 aromatic carbocycles. The van der Waals surface area contributed by atoms with Crippen molar-refractivity contribution < 1.29 is 14.3 Å². The molecule has 0 unspecified atom stereocenters. The van der Waals surface area contributed by atoms with Gasteiger partial charge < -0.3 is 14.8 Å². The molecular weight excluding hydrogens is 254 g/mol. The van der Waals surface area contributed by atoms with Gasteiger partial charge in [0.2, 0.25) is 0 Å². The van der Waals surface area contributed by atoms with Gasteiger partial charge in [0.15, 0.2) is 17.3 Å². The first-order valence-electron chi connectivity index (χ1n) is 7.41. The Morgan fingerprint density at radius 1 is 1.20 bits per heavy atom. The average molecular weight is 275 g/mol. The molecule has 2 aliphatic rings. The number of benzene rings is 1. The van der Waals surface area contributed by atoms with E-state index in [2.05, 4.69) is 5.32 Å². The van der Waals surface area contributed by atoms with Crippen LogP contribution in [0.5, 0.6) is 11.5 Å². The molecular formula is C16H21NO3. The molecule has 0 spiro atoms. The van der Waals surface area contributed by atoms with Crippen molar-refractivity contribution in [3.8, 4) is 11.5 Å². The van der Waals surface area contributed by atoms with E-state index < -0.39 is 0 Å². The van der Waals surface area contributed by atoms with E-state index in [9.17, 15) is 4.79 Å². The average Bonchev–Trinajstić information content (AvgIpc) is 2.97. The van der Waals surface area contributed by atoms with Crippen molar-refractivity contribution in [2.75, 3.05) is 19.8 Å². The fraction of sp³-hybridized carbons (Fsp3) is 0.562. The lowest BCUT2D eigenvalue weighted by Gasteiger charge is -2.20. The summed E-state index contributed by atoms with van der Waals surface area (Å²) in [5, 5.41) is 3.37. The van der Waals surface area contributed by atoms with Crippen molar-refractivity contribution in [1.29, 1.82) is 0 Å². The number of carbonyl (C=O) groups is 1. The van der Waals surface area contributed by atoms with Crippen LogP contribution in [-0.4, -0.2) is 31.6 Å². The van der Waals surface area contributed by atoms with Crippen LogP contribution in [-0.2, 0) is 0 Å². The number of rotatable bonds is 4. The number of fused-ring (bicyclic) bond motifs is 1. The van der Waals surface area contributed by atoms with Gasteiger partial charge in [-0.2, -0.15) is 0 Å². The quantitative estimate of drug-likeness (QED) is 0.858. The number of ketones is 1. The van der Waals surface area contributed by atoms with Gasteiger partial charge in [-0.05, 0) is 37.5 Å². The summed E-state index contributed by atoms with van der Waals surface area (Å²) in [5.74, 6) is 1.56. The highest BCUT2D eigenvalue weighted by Crippen LogP contribution is 2.33. The Hall–Kier alpha value is -1.55. The Kier molecular flexibility index (Phi) is 3.92. The number of nitrogens with one attached hydrogen (secondary N) is 1. The standard InChI is InChI=1S/C16H21NO3/c1-11-8-15-16(20-7-6-19-15)9-13(11)14(18)10-17-12-4-2-3-5-12/h8-9,12,17H,2-7,10H2,1H3. The highest BCUT2D eigenvalue weighted by atomic mass is 16.6. The molecule has 1 N–H and O–H groups in total. The molecule has 1 heterocycles. The van der Waals surface area contributed by atoms with Crippen LogP contribution < -0.4 is 14.8 Å². The van der Waals surface area contributed by atoms with Crippen LogP contribution >= 0.6 is 0 Å². The lowest BCUT2D eigenvalue weighted by molar-refractivity contribution is 0.0985. The zero-order valence-corrected chi connectivity index (χ0v) is 11.9.